The highest BCUT2D eigenvalue weighted by atomic mass is 35.5. The van der Waals surface area contributed by atoms with Crippen LogP contribution >= 0.6 is 47.5 Å². The fraction of sp³-hybridized carbons (Fsp3) is 0.688. The number of nitrogens with zero attached hydrogens (tertiary/aromatic N) is 3. The van der Waals surface area contributed by atoms with Gasteiger partial charge in [0.05, 0.1) is 5.41 Å². The molecule has 2 aliphatic heterocycles. The molecular formula is C16H23ClN4O5S3. The van der Waals surface area contributed by atoms with Gasteiger partial charge in [-0.25, -0.2) is 4.98 Å². The minimum absolute atomic E-state index is 0. The maximum atomic E-state index is 12.9. The summed E-state index contributed by atoms with van der Waals surface area (Å²) in [6, 6.07) is -0.525. The van der Waals surface area contributed by atoms with E-state index in [9.17, 15) is 14.4 Å². The molecule has 3 heterocycles. The molecule has 3 rings (SSSR count). The summed E-state index contributed by atoms with van der Waals surface area (Å²) in [5, 5.41) is -0.112. The van der Waals surface area contributed by atoms with Crippen molar-refractivity contribution in [1.82, 2.24) is 14.3 Å². The summed E-state index contributed by atoms with van der Waals surface area (Å²) in [5.41, 5.74) is 4.21. The van der Waals surface area contributed by atoms with Crippen LogP contribution in [-0.2, 0) is 23.9 Å². The van der Waals surface area contributed by atoms with Crippen molar-refractivity contribution in [2.45, 2.75) is 36.5 Å². The molecule has 0 aromatic carbocycles. The normalized spacial score (nSPS) is 26.1. The molecule has 1 amide bonds. The van der Waals surface area contributed by atoms with Gasteiger partial charge < -0.3 is 20.1 Å². The number of fused-ring (bicyclic) bond motifs is 1. The molecule has 2 N–H and O–H groups in total. The van der Waals surface area contributed by atoms with Gasteiger partial charge >= 0.3 is 11.9 Å². The topological polar surface area (TPSA) is 125 Å². The molecule has 2 saturated heterocycles. The number of hydrogen-bond acceptors (Lipinski definition) is 11. The minimum atomic E-state index is -0.943. The van der Waals surface area contributed by atoms with Crippen molar-refractivity contribution < 1.29 is 23.9 Å². The molecule has 0 bridgehead atoms. The Morgan fingerprint density at radius 1 is 1.41 bits per heavy atom. The van der Waals surface area contributed by atoms with E-state index >= 15 is 0 Å². The van der Waals surface area contributed by atoms with E-state index in [-0.39, 0.29) is 30.2 Å². The highest BCUT2D eigenvalue weighted by Crippen LogP contribution is 2.44. The van der Waals surface area contributed by atoms with Gasteiger partial charge in [-0.3, -0.25) is 14.4 Å². The first-order valence-corrected chi connectivity index (χ1v) is 11.4. The van der Waals surface area contributed by atoms with Crippen LogP contribution in [0.1, 0.15) is 20.8 Å². The molecule has 162 valence electrons. The molecule has 29 heavy (non-hydrogen) atoms. The van der Waals surface area contributed by atoms with Crippen LogP contribution in [0.15, 0.2) is 10.7 Å². The van der Waals surface area contributed by atoms with Crippen LogP contribution in [0.2, 0.25) is 0 Å². The van der Waals surface area contributed by atoms with Crippen LogP contribution in [0.25, 0.3) is 0 Å². The first-order valence-electron chi connectivity index (χ1n) is 8.56. The Kier molecular flexibility index (Phi) is 7.82. The van der Waals surface area contributed by atoms with Crippen molar-refractivity contribution in [1.29, 1.82) is 0 Å². The lowest BCUT2D eigenvalue weighted by molar-refractivity contribution is -0.179. The third kappa shape index (κ3) is 5.16. The van der Waals surface area contributed by atoms with Gasteiger partial charge in [-0.1, -0.05) is 11.8 Å². The molecule has 0 radical (unpaired) electrons. The van der Waals surface area contributed by atoms with E-state index < -0.39 is 35.6 Å². The molecule has 13 heteroatoms. The quantitative estimate of drug-likeness (QED) is 0.275. The van der Waals surface area contributed by atoms with Gasteiger partial charge in [-0.2, -0.15) is 4.37 Å². The zero-order chi connectivity index (χ0) is 20.5. The second kappa shape index (κ2) is 9.38. The molecule has 2 unspecified atom stereocenters. The summed E-state index contributed by atoms with van der Waals surface area (Å²) < 4.78 is 15.0. The molecule has 2 aliphatic rings. The van der Waals surface area contributed by atoms with Gasteiger partial charge in [-0.05, 0) is 32.3 Å². The van der Waals surface area contributed by atoms with Gasteiger partial charge in [0.1, 0.15) is 23.2 Å². The van der Waals surface area contributed by atoms with Crippen LogP contribution in [0.3, 0.4) is 0 Å². The SMILES string of the molecule is CC(C)(C)C(=O)OCOC(=O)C1(CSc2ncns2)CS[C@@H]2C(N)C(=O)N2C1.Cl. The van der Waals surface area contributed by atoms with Crippen molar-refractivity contribution >= 4 is 65.3 Å². The van der Waals surface area contributed by atoms with E-state index in [0.29, 0.717) is 11.5 Å². The van der Waals surface area contributed by atoms with Gasteiger partial charge in [0.15, 0.2) is 4.34 Å². The van der Waals surface area contributed by atoms with E-state index in [1.807, 2.05) is 0 Å². The highest BCUT2D eigenvalue weighted by molar-refractivity contribution is 8.01. The number of hydrogen-bond donors (Lipinski definition) is 1. The number of esters is 2. The van der Waals surface area contributed by atoms with Crippen LogP contribution in [0, 0.1) is 10.8 Å². The maximum Gasteiger partial charge on any atom is 0.318 e. The average molecular weight is 483 g/mol. The highest BCUT2D eigenvalue weighted by Gasteiger charge is 2.56. The van der Waals surface area contributed by atoms with Crippen molar-refractivity contribution in [2.75, 3.05) is 24.8 Å². The lowest BCUT2D eigenvalue weighted by Crippen LogP contribution is -2.72. The molecule has 0 saturated carbocycles. The fourth-order valence-electron chi connectivity index (χ4n) is 2.73. The summed E-state index contributed by atoms with van der Waals surface area (Å²) in [6.45, 7) is 4.91. The number of rotatable bonds is 6. The predicted molar refractivity (Wildman–Crippen MR) is 113 cm³/mol. The number of carbonyl (C=O) groups excluding carboxylic acids is 3. The van der Waals surface area contributed by atoms with Crippen LogP contribution < -0.4 is 5.73 Å². The summed E-state index contributed by atoms with van der Waals surface area (Å²) in [4.78, 5) is 42.6. The van der Waals surface area contributed by atoms with Gasteiger partial charge in [-0.15, -0.1) is 24.2 Å². The zero-order valence-electron chi connectivity index (χ0n) is 16.2. The Morgan fingerprint density at radius 3 is 2.76 bits per heavy atom. The molecule has 1 aromatic heterocycles. The van der Waals surface area contributed by atoms with Crippen molar-refractivity contribution in [3.63, 3.8) is 0 Å². The number of halogens is 1. The number of aromatic nitrogens is 2. The molecular weight excluding hydrogens is 460 g/mol. The number of carbonyl (C=O) groups is 3. The van der Waals surface area contributed by atoms with Crippen LogP contribution in [0.5, 0.6) is 0 Å². The Balaban J connectivity index is 0.00000300. The summed E-state index contributed by atoms with van der Waals surface area (Å²) in [5.74, 6) is -0.320. The third-order valence-electron chi connectivity index (χ3n) is 4.42. The van der Waals surface area contributed by atoms with E-state index in [0.717, 1.165) is 4.34 Å². The summed E-state index contributed by atoms with van der Waals surface area (Å²) in [6.07, 6.45) is 1.45. The Hall–Kier alpha value is -1.08. The minimum Gasteiger partial charge on any atom is -0.427 e. The number of thioether (sulfide) groups is 2. The lowest BCUT2D eigenvalue weighted by atomic mass is 9.89. The van der Waals surface area contributed by atoms with E-state index in [2.05, 4.69) is 9.36 Å². The number of β-lactam (4-membered cyclic amide) rings is 1. The molecule has 2 fully saturated rings. The van der Waals surface area contributed by atoms with Crippen molar-refractivity contribution in [3.05, 3.63) is 6.33 Å². The summed E-state index contributed by atoms with van der Waals surface area (Å²) >= 11 is 4.09. The second-order valence-corrected chi connectivity index (χ2v) is 10.8. The molecule has 0 aliphatic carbocycles. The molecule has 0 spiro atoms. The number of amides is 1. The first kappa shape index (κ1) is 24.2. The van der Waals surface area contributed by atoms with E-state index in [1.54, 1.807) is 25.7 Å². The standard InChI is InChI=1S/C16H22N4O5S3.ClH/c1-15(2,3)12(22)24-8-25-13(23)16(6-27-14-18-7-19-28-14)4-20-10(21)9(17)11(20)26-5-16;/h7,9,11H,4-6,8,17H2,1-3H3;1H/t9?,11-,16?;/m1./s1. The van der Waals surface area contributed by atoms with Gasteiger partial charge in [0.2, 0.25) is 12.7 Å². The summed E-state index contributed by atoms with van der Waals surface area (Å²) in [7, 11) is 0. The van der Waals surface area contributed by atoms with E-state index in [4.69, 9.17) is 15.2 Å². The lowest BCUT2D eigenvalue weighted by Gasteiger charge is -2.53. The third-order valence-corrected chi connectivity index (χ3v) is 8.12. The van der Waals surface area contributed by atoms with Crippen molar-refractivity contribution in [2.24, 2.45) is 16.6 Å². The number of ether oxygens (including phenoxy) is 2. The predicted octanol–water partition coefficient (Wildman–Crippen LogP) is 1.37. The Bertz CT molecular complexity index is 760. The Morgan fingerprint density at radius 2 is 2.14 bits per heavy atom. The second-order valence-electron chi connectivity index (χ2n) is 7.70. The van der Waals surface area contributed by atoms with Gasteiger partial charge in [0.25, 0.3) is 0 Å². The van der Waals surface area contributed by atoms with Crippen LogP contribution in [-0.4, -0.2) is 68.4 Å². The maximum absolute atomic E-state index is 12.9. The Labute approximate surface area is 187 Å². The van der Waals surface area contributed by atoms with Crippen molar-refractivity contribution in [3.8, 4) is 0 Å². The number of nitrogens with two attached hydrogens (primary N) is 1. The largest absolute Gasteiger partial charge is 0.427 e. The molecule has 9 nitrogen and oxygen atoms in total. The molecule has 1 aromatic rings. The fourth-order valence-corrected chi connectivity index (χ4v) is 5.97. The van der Waals surface area contributed by atoms with Gasteiger partial charge in [0, 0.05) is 18.1 Å². The van der Waals surface area contributed by atoms with Crippen LogP contribution in [0.4, 0.5) is 0 Å². The molecule has 3 atom stereocenters. The van der Waals surface area contributed by atoms with E-state index in [1.165, 1.54) is 41.4 Å². The average Bonchev–Trinajstić information content (AvgIpc) is 3.18. The zero-order valence-corrected chi connectivity index (χ0v) is 19.4. The monoisotopic (exact) mass is 482 g/mol. The first-order chi connectivity index (χ1) is 13.1. The smallest absolute Gasteiger partial charge is 0.318 e.